The number of nitrogens with zero attached hydrogens (tertiary/aromatic N) is 2. The number of ether oxygens (including phenoxy) is 1. The maximum absolute atomic E-state index is 12.3. The van der Waals surface area contributed by atoms with E-state index in [0.717, 1.165) is 13.1 Å². The van der Waals surface area contributed by atoms with Crippen LogP contribution in [0.4, 0.5) is 13.2 Å². The molecule has 0 aliphatic carbocycles. The highest BCUT2D eigenvalue weighted by molar-refractivity contribution is 5.76. The SMILES string of the molecule is O=C(CCC(F)(F)F)N1C[C@@H]2OCCN(Cc3ccccc3)[C@@H]2C1. The summed E-state index contributed by atoms with van der Waals surface area (Å²) in [5.74, 6) is -0.440. The smallest absolute Gasteiger partial charge is 0.373 e. The fourth-order valence-electron chi connectivity index (χ4n) is 3.38. The van der Waals surface area contributed by atoms with Gasteiger partial charge in [0.05, 0.1) is 25.2 Å². The third-order valence-corrected chi connectivity index (χ3v) is 4.62. The minimum atomic E-state index is -4.29. The van der Waals surface area contributed by atoms with Crippen LogP contribution in [0, 0.1) is 0 Å². The molecule has 2 saturated heterocycles. The van der Waals surface area contributed by atoms with E-state index >= 15 is 0 Å². The Morgan fingerprint density at radius 2 is 1.96 bits per heavy atom. The summed E-state index contributed by atoms with van der Waals surface area (Å²) in [5.41, 5.74) is 1.18. The van der Waals surface area contributed by atoms with Gasteiger partial charge in [0.25, 0.3) is 0 Å². The van der Waals surface area contributed by atoms with Gasteiger partial charge in [0.15, 0.2) is 0 Å². The Morgan fingerprint density at radius 1 is 1.21 bits per heavy atom. The first kappa shape index (κ1) is 17.2. The molecular weight excluding hydrogens is 321 g/mol. The lowest BCUT2D eigenvalue weighted by atomic mass is 10.1. The van der Waals surface area contributed by atoms with Crippen molar-refractivity contribution in [2.45, 2.75) is 37.7 Å². The van der Waals surface area contributed by atoms with E-state index in [9.17, 15) is 18.0 Å². The largest absolute Gasteiger partial charge is 0.389 e. The zero-order valence-electron chi connectivity index (χ0n) is 13.3. The van der Waals surface area contributed by atoms with E-state index in [0.29, 0.717) is 19.7 Å². The summed E-state index contributed by atoms with van der Waals surface area (Å²) in [7, 11) is 0. The predicted octanol–water partition coefficient (Wildman–Crippen LogP) is 2.44. The van der Waals surface area contributed by atoms with Gasteiger partial charge in [-0.05, 0) is 5.56 Å². The number of carbonyl (C=O) groups is 1. The third-order valence-electron chi connectivity index (χ3n) is 4.62. The van der Waals surface area contributed by atoms with Crippen molar-refractivity contribution in [1.82, 2.24) is 9.80 Å². The first-order chi connectivity index (χ1) is 11.4. The van der Waals surface area contributed by atoms with Crippen molar-refractivity contribution in [2.24, 2.45) is 0 Å². The van der Waals surface area contributed by atoms with Gasteiger partial charge in [-0.1, -0.05) is 30.3 Å². The molecule has 2 atom stereocenters. The number of halogens is 3. The Morgan fingerprint density at radius 3 is 2.67 bits per heavy atom. The van der Waals surface area contributed by atoms with Crippen molar-refractivity contribution in [1.29, 1.82) is 0 Å². The number of hydrogen-bond acceptors (Lipinski definition) is 3. The molecule has 0 saturated carbocycles. The molecule has 2 aliphatic rings. The second kappa shape index (κ2) is 7.11. The minimum Gasteiger partial charge on any atom is -0.373 e. The van der Waals surface area contributed by atoms with Crippen LogP contribution in [0.3, 0.4) is 0 Å². The molecule has 2 heterocycles. The van der Waals surface area contributed by atoms with Gasteiger partial charge in [-0.15, -0.1) is 0 Å². The van der Waals surface area contributed by atoms with Crippen molar-refractivity contribution in [3.05, 3.63) is 35.9 Å². The first-order valence-electron chi connectivity index (χ1n) is 8.16. The van der Waals surface area contributed by atoms with Gasteiger partial charge >= 0.3 is 6.18 Å². The normalized spacial score (nSPS) is 24.9. The summed E-state index contributed by atoms with van der Waals surface area (Å²) in [6.45, 7) is 2.93. The highest BCUT2D eigenvalue weighted by Crippen LogP contribution is 2.27. The Kier molecular flexibility index (Phi) is 5.10. The van der Waals surface area contributed by atoms with Crippen LogP contribution in [0.1, 0.15) is 18.4 Å². The quantitative estimate of drug-likeness (QED) is 0.843. The van der Waals surface area contributed by atoms with E-state index in [1.165, 1.54) is 10.5 Å². The van der Waals surface area contributed by atoms with Gasteiger partial charge in [0, 0.05) is 32.6 Å². The number of rotatable bonds is 4. The van der Waals surface area contributed by atoms with Crippen LogP contribution >= 0.6 is 0 Å². The molecule has 0 unspecified atom stereocenters. The van der Waals surface area contributed by atoms with Gasteiger partial charge in [-0.25, -0.2) is 0 Å². The maximum Gasteiger partial charge on any atom is 0.389 e. The molecule has 2 aliphatic heterocycles. The van der Waals surface area contributed by atoms with E-state index in [4.69, 9.17) is 4.74 Å². The van der Waals surface area contributed by atoms with Gasteiger partial charge < -0.3 is 9.64 Å². The minimum absolute atomic E-state index is 0.0498. The molecule has 3 rings (SSSR count). The fraction of sp³-hybridized carbons (Fsp3) is 0.588. The standard InChI is InChI=1S/C17H21F3N2O2/c18-17(19,20)7-6-16(23)22-11-14-15(12-22)24-9-8-21(14)10-13-4-2-1-3-5-13/h1-5,14-15H,6-12H2/t14-,15+/m1/s1. The molecule has 1 aromatic rings. The number of alkyl halides is 3. The highest BCUT2D eigenvalue weighted by Gasteiger charge is 2.42. The van der Waals surface area contributed by atoms with E-state index in [2.05, 4.69) is 4.90 Å². The Hall–Kier alpha value is -1.60. The molecule has 1 amide bonds. The molecule has 2 fully saturated rings. The fourth-order valence-corrected chi connectivity index (χ4v) is 3.38. The monoisotopic (exact) mass is 342 g/mol. The molecule has 0 aromatic heterocycles. The second-order valence-corrected chi connectivity index (χ2v) is 6.35. The first-order valence-corrected chi connectivity index (χ1v) is 8.16. The van der Waals surface area contributed by atoms with Crippen molar-refractivity contribution in [2.75, 3.05) is 26.2 Å². The van der Waals surface area contributed by atoms with Crippen molar-refractivity contribution >= 4 is 5.91 Å². The van der Waals surface area contributed by atoms with E-state index in [1.54, 1.807) is 0 Å². The van der Waals surface area contributed by atoms with Crippen LogP contribution in [-0.2, 0) is 16.1 Å². The summed E-state index contributed by atoms with van der Waals surface area (Å²) < 4.78 is 42.6. The van der Waals surface area contributed by atoms with Crippen LogP contribution in [0.2, 0.25) is 0 Å². The summed E-state index contributed by atoms with van der Waals surface area (Å²) >= 11 is 0. The zero-order valence-corrected chi connectivity index (χ0v) is 13.3. The molecule has 132 valence electrons. The van der Waals surface area contributed by atoms with Crippen LogP contribution < -0.4 is 0 Å². The average molecular weight is 342 g/mol. The number of morpholine rings is 1. The predicted molar refractivity (Wildman–Crippen MR) is 82.2 cm³/mol. The third kappa shape index (κ3) is 4.27. The molecule has 0 radical (unpaired) electrons. The van der Waals surface area contributed by atoms with Gasteiger partial charge in [-0.3, -0.25) is 9.69 Å². The number of carbonyl (C=O) groups excluding carboxylic acids is 1. The molecule has 4 nitrogen and oxygen atoms in total. The number of hydrogen-bond donors (Lipinski definition) is 0. The van der Waals surface area contributed by atoms with Crippen molar-refractivity contribution in [3.8, 4) is 0 Å². The van der Waals surface area contributed by atoms with Crippen LogP contribution in [0.5, 0.6) is 0 Å². The number of amides is 1. The molecule has 0 N–H and O–H groups in total. The topological polar surface area (TPSA) is 32.8 Å². The molecular formula is C17H21F3N2O2. The zero-order chi connectivity index (χ0) is 17.2. The molecule has 7 heteroatoms. The highest BCUT2D eigenvalue weighted by atomic mass is 19.4. The Bertz CT molecular complexity index is 565. The summed E-state index contributed by atoms with van der Waals surface area (Å²) in [6.07, 6.45) is -5.96. The lowest BCUT2D eigenvalue weighted by Gasteiger charge is -2.36. The van der Waals surface area contributed by atoms with Gasteiger partial charge in [-0.2, -0.15) is 13.2 Å². The summed E-state index contributed by atoms with van der Waals surface area (Å²) in [5, 5.41) is 0. The molecule has 0 spiro atoms. The van der Waals surface area contributed by atoms with E-state index in [1.807, 2.05) is 30.3 Å². The molecule has 24 heavy (non-hydrogen) atoms. The lowest BCUT2D eigenvalue weighted by Crippen LogP contribution is -2.50. The summed E-state index contributed by atoms with van der Waals surface area (Å²) in [4.78, 5) is 15.8. The summed E-state index contributed by atoms with van der Waals surface area (Å²) in [6, 6.07) is 10.1. The van der Waals surface area contributed by atoms with Crippen LogP contribution in [-0.4, -0.2) is 60.3 Å². The van der Waals surface area contributed by atoms with Gasteiger partial charge in [0.1, 0.15) is 0 Å². The Balaban J connectivity index is 1.59. The van der Waals surface area contributed by atoms with Crippen LogP contribution in [0.25, 0.3) is 0 Å². The maximum atomic E-state index is 12.3. The van der Waals surface area contributed by atoms with E-state index < -0.39 is 24.9 Å². The Labute approximate surface area is 139 Å². The van der Waals surface area contributed by atoms with Crippen molar-refractivity contribution < 1.29 is 22.7 Å². The number of fused-ring (bicyclic) bond motifs is 1. The van der Waals surface area contributed by atoms with Crippen LogP contribution in [0.15, 0.2) is 30.3 Å². The molecule has 0 bridgehead atoms. The lowest BCUT2D eigenvalue weighted by molar-refractivity contribution is -0.148. The number of likely N-dealkylation sites (tertiary alicyclic amines) is 1. The van der Waals surface area contributed by atoms with E-state index in [-0.39, 0.29) is 12.1 Å². The second-order valence-electron chi connectivity index (χ2n) is 6.35. The molecule has 1 aromatic carbocycles. The van der Waals surface area contributed by atoms with Gasteiger partial charge in [0.2, 0.25) is 5.91 Å². The van der Waals surface area contributed by atoms with Crippen molar-refractivity contribution in [3.63, 3.8) is 0 Å². The number of benzene rings is 1. The average Bonchev–Trinajstić information content (AvgIpc) is 2.98.